The number of hydrogen-bond donors (Lipinski definition) is 1. The molecule has 0 aliphatic carbocycles. The van der Waals surface area contributed by atoms with Crippen LogP contribution >= 0.6 is 0 Å². The van der Waals surface area contributed by atoms with Gasteiger partial charge in [0.25, 0.3) is 0 Å². The van der Waals surface area contributed by atoms with Crippen LogP contribution in [0.4, 0.5) is 0 Å². The lowest BCUT2D eigenvalue weighted by molar-refractivity contribution is 0.219. The molecule has 0 heterocycles. The van der Waals surface area contributed by atoms with Crippen molar-refractivity contribution < 1.29 is 14.6 Å². The van der Waals surface area contributed by atoms with Crippen LogP contribution in [0.5, 0.6) is 11.5 Å². The maximum atomic E-state index is 9.73. The highest BCUT2D eigenvalue weighted by Gasteiger charge is 2.17. The number of benzene rings is 2. The first-order valence-corrected chi connectivity index (χ1v) is 6.17. The van der Waals surface area contributed by atoms with Gasteiger partial charge in [0.15, 0.2) is 17.6 Å². The van der Waals surface area contributed by atoms with Crippen molar-refractivity contribution in [1.82, 2.24) is 0 Å². The second kappa shape index (κ2) is 6.60. The number of hydrogen-bond acceptors (Lipinski definition) is 4. The first kappa shape index (κ1) is 13.9. The molecule has 2 aromatic rings. The lowest BCUT2D eigenvalue weighted by Crippen LogP contribution is -2.03. The van der Waals surface area contributed by atoms with E-state index < -0.39 is 6.10 Å². The molecule has 2 aromatic carbocycles. The van der Waals surface area contributed by atoms with Crippen molar-refractivity contribution in [3.63, 3.8) is 0 Å². The monoisotopic (exact) mass is 269 g/mol. The van der Waals surface area contributed by atoms with Gasteiger partial charge in [-0.05, 0) is 11.6 Å². The van der Waals surface area contributed by atoms with Crippen LogP contribution in [0.2, 0.25) is 0 Å². The maximum absolute atomic E-state index is 9.73. The van der Waals surface area contributed by atoms with Gasteiger partial charge in [-0.15, -0.1) is 0 Å². The first-order valence-electron chi connectivity index (χ1n) is 6.17. The summed E-state index contributed by atoms with van der Waals surface area (Å²) >= 11 is 0. The number of methoxy groups -OCH3 is 1. The zero-order valence-corrected chi connectivity index (χ0v) is 11.1. The van der Waals surface area contributed by atoms with E-state index in [4.69, 9.17) is 14.7 Å². The molecule has 0 spiro atoms. The largest absolute Gasteiger partial charge is 0.493 e. The van der Waals surface area contributed by atoms with E-state index in [2.05, 4.69) is 0 Å². The highest BCUT2D eigenvalue weighted by molar-refractivity contribution is 5.49. The van der Waals surface area contributed by atoms with Crippen LogP contribution in [0, 0.1) is 11.3 Å². The summed E-state index contributed by atoms with van der Waals surface area (Å²) in [6.45, 7) is 0.340. The van der Waals surface area contributed by atoms with E-state index in [-0.39, 0.29) is 0 Å². The Morgan fingerprint density at radius 1 is 1.15 bits per heavy atom. The predicted octanol–water partition coefficient (Wildman–Crippen LogP) is 2.83. The Morgan fingerprint density at radius 2 is 1.90 bits per heavy atom. The topological polar surface area (TPSA) is 62.5 Å². The molecule has 2 rings (SSSR count). The van der Waals surface area contributed by atoms with Crippen molar-refractivity contribution in [2.75, 3.05) is 7.11 Å². The Labute approximate surface area is 117 Å². The average Bonchev–Trinajstić information content (AvgIpc) is 2.52. The molecule has 4 nitrogen and oxygen atoms in total. The molecule has 0 aliphatic rings. The third kappa shape index (κ3) is 3.08. The van der Waals surface area contributed by atoms with Crippen molar-refractivity contribution in [3.05, 3.63) is 59.7 Å². The zero-order valence-electron chi connectivity index (χ0n) is 11.1. The lowest BCUT2D eigenvalue weighted by Gasteiger charge is -2.15. The van der Waals surface area contributed by atoms with Gasteiger partial charge in [-0.1, -0.05) is 42.5 Å². The van der Waals surface area contributed by atoms with Crippen LogP contribution in [0.1, 0.15) is 17.2 Å². The third-order valence-corrected chi connectivity index (χ3v) is 2.87. The van der Waals surface area contributed by atoms with Gasteiger partial charge >= 0.3 is 0 Å². The van der Waals surface area contributed by atoms with E-state index in [0.29, 0.717) is 23.7 Å². The Hall–Kier alpha value is -2.51. The van der Waals surface area contributed by atoms with E-state index in [9.17, 15) is 5.11 Å². The maximum Gasteiger partial charge on any atom is 0.169 e. The van der Waals surface area contributed by atoms with Crippen LogP contribution < -0.4 is 9.47 Å². The standard InChI is InChI=1S/C16H15NO3/c1-19-15-9-5-8-13(14(18)10-17)16(15)20-11-12-6-3-2-4-7-12/h2-9,14,18H,11H2,1H3. The molecular formula is C16H15NO3. The second-order valence-corrected chi connectivity index (χ2v) is 4.18. The molecule has 102 valence electrons. The van der Waals surface area contributed by atoms with E-state index in [1.807, 2.05) is 30.3 Å². The lowest BCUT2D eigenvalue weighted by atomic mass is 10.1. The average molecular weight is 269 g/mol. The number of aliphatic hydroxyl groups is 1. The van der Waals surface area contributed by atoms with Gasteiger partial charge in [-0.2, -0.15) is 5.26 Å². The van der Waals surface area contributed by atoms with Gasteiger partial charge < -0.3 is 14.6 Å². The molecular weight excluding hydrogens is 254 g/mol. The SMILES string of the molecule is COc1cccc(C(O)C#N)c1OCc1ccccc1. The van der Waals surface area contributed by atoms with Gasteiger partial charge in [-0.25, -0.2) is 0 Å². The molecule has 0 saturated carbocycles. The molecule has 0 aromatic heterocycles. The van der Waals surface area contributed by atoms with Gasteiger partial charge in [0, 0.05) is 5.56 Å². The molecule has 0 radical (unpaired) electrons. The van der Waals surface area contributed by atoms with Gasteiger partial charge in [0.2, 0.25) is 0 Å². The molecule has 4 heteroatoms. The number of nitrogens with zero attached hydrogens (tertiary/aromatic N) is 1. The summed E-state index contributed by atoms with van der Waals surface area (Å²) < 4.78 is 11.0. The van der Waals surface area contributed by atoms with E-state index in [1.165, 1.54) is 7.11 Å². The van der Waals surface area contributed by atoms with E-state index in [0.717, 1.165) is 5.56 Å². The Kier molecular flexibility index (Phi) is 4.59. The van der Waals surface area contributed by atoms with Gasteiger partial charge in [0.05, 0.1) is 13.2 Å². The Bertz CT molecular complexity index is 605. The van der Waals surface area contributed by atoms with Crippen LogP contribution in [0.25, 0.3) is 0 Å². The highest BCUT2D eigenvalue weighted by Crippen LogP contribution is 2.35. The molecule has 0 amide bonds. The molecule has 0 saturated heterocycles. The van der Waals surface area contributed by atoms with Gasteiger partial charge in [-0.3, -0.25) is 0 Å². The molecule has 20 heavy (non-hydrogen) atoms. The second-order valence-electron chi connectivity index (χ2n) is 4.18. The zero-order chi connectivity index (χ0) is 14.4. The van der Waals surface area contributed by atoms with E-state index in [1.54, 1.807) is 24.3 Å². The summed E-state index contributed by atoms with van der Waals surface area (Å²) in [7, 11) is 1.52. The van der Waals surface area contributed by atoms with Crippen LogP contribution in [0.15, 0.2) is 48.5 Å². The van der Waals surface area contributed by atoms with Crippen molar-refractivity contribution in [2.45, 2.75) is 12.7 Å². The van der Waals surface area contributed by atoms with Gasteiger partial charge in [0.1, 0.15) is 6.61 Å². The normalized spacial score (nSPS) is 11.4. The van der Waals surface area contributed by atoms with Crippen molar-refractivity contribution >= 4 is 0 Å². The van der Waals surface area contributed by atoms with Crippen molar-refractivity contribution in [2.24, 2.45) is 0 Å². The molecule has 0 aliphatic heterocycles. The fraction of sp³-hybridized carbons (Fsp3) is 0.188. The summed E-state index contributed by atoms with van der Waals surface area (Å²) in [5.41, 5.74) is 1.40. The molecule has 0 fully saturated rings. The smallest absolute Gasteiger partial charge is 0.169 e. The summed E-state index contributed by atoms with van der Waals surface area (Å²) in [5, 5.41) is 18.6. The minimum atomic E-state index is -1.24. The quantitative estimate of drug-likeness (QED) is 0.848. The summed E-state index contributed by atoms with van der Waals surface area (Å²) in [5.74, 6) is 0.889. The third-order valence-electron chi connectivity index (χ3n) is 2.87. The minimum absolute atomic E-state index is 0.340. The fourth-order valence-electron chi connectivity index (χ4n) is 1.86. The number of aliphatic hydroxyl groups excluding tert-OH is 1. The Morgan fingerprint density at radius 3 is 2.55 bits per heavy atom. The van der Waals surface area contributed by atoms with Crippen molar-refractivity contribution in [1.29, 1.82) is 5.26 Å². The first-order chi connectivity index (χ1) is 9.76. The minimum Gasteiger partial charge on any atom is -0.493 e. The number of ether oxygens (including phenoxy) is 2. The van der Waals surface area contributed by atoms with Crippen LogP contribution in [-0.4, -0.2) is 12.2 Å². The number of nitriles is 1. The Balaban J connectivity index is 2.27. The molecule has 1 N–H and O–H groups in total. The van der Waals surface area contributed by atoms with Crippen LogP contribution in [-0.2, 0) is 6.61 Å². The highest BCUT2D eigenvalue weighted by atomic mass is 16.5. The predicted molar refractivity (Wildman–Crippen MR) is 74.3 cm³/mol. The molecule has 1 atom stereocenters. The molecule has 0 bridgehead atoms. The summed E-state index contributed by atoms with van der Waals surface area (Å²) in [6, 6.07) is 16.5. The van der Waals surface area contributed by atoms with Crippen LogP contribution in [0.3, 0.4) is 0 Å². The molecule has 1 unspecified atom stereocenters. The van der Waals surface area contributed by atoms with Crippen molar-refractivity contribution in [3.8, 4) is 17.6 Å². The summed E-state index contributed by atoms with van der Waals surface area (Å²) in [4.78, 5) is 0. The number of rotatable bonds is 5. The number of para-hydroxylation sites is 1. The summed E-state index contributed by atoms with van der Waals surface area (Å²) in [6.07, 6.45) is -1.24. The fourth-order valence-corrected chi connectivity index (χ4v) is 1.86. The van der Waals surface area contributed by atoms with E-state index >= 15 is 0 Å².